The molecule has 1 aromatic rings. The molecule has 0 radical (unpaired) electrons. The number of methoxy groups -OCH3 is 1. The van der Waals surface area contributed by atoms with E-state index in [1.54, 1.807) is 6.07 Å². The highest BCUT2D eigenvalue weighted by Gasteiger charge is 2.32. The maximum Gasteiger partial charge on any atom is 0.387 e. The number of carbonyl (C=O) groups excluding carboxylic acids is 1. The van der Waals surface area contributed by atoms with E-state index in [4.69, 9.17) is 10.5 Å². The minimum Gasteiger partial charge on any atom is -0.493 e. The van der Waals surface area contributed by atoms with E-state index in [1.807, 2.05) is 13.8 Å². The number of hydrogen-bond acceptors (Lipinski definition) is 4. The van der Waals surface area contributed by atoms with Gasteiger partial charge in [-0.05, 0) is 30.5 Å². The van der Waals surface area contributed by atoms with Gasteiger partial charge in [-0.2, -0.15) is 8.78 Å². The monoisotopic (exact) mass is 366 g/mol. The van der Waals surface area contributed by atoms with Crippen LogP contribution in [0.1, 0.15) is 32.3 Å². The minimum absolute atomic E-state index is 0. The molecule has 0 spiro atoms. The second-order valence-electron chi connectivity index (χ2n) is 5.24. The van der Waals surface area contributed by atoms with Crippen molar-refractivity contribution >= 4 is 18.3 Å². The van der Waals surface area contributed by atoms with Gasteiger partial charge >= 0.3 is 6.61 Å². The maximum atomic E-state index is 12.4. The number of benzene rings is 1. The molecule has 0 aliphatic heterocycles. The van der Waals surface area contributed by atoms with E-state index in [-0.39, 0.29) is 42.9 Å². The molecule has 5 nitrogen and oxygen atoms in total. The molecule has 8 heteroatoms. The molecular formula is C16H25ClF2N2O3. The number of rotatable bonds is 9. The lowest BCUT2D eigenvalue weighted by Crippen LogP contribution is -2.45. The number of halogens is 3. The van der Waals surface area contributed by atoms with Gasteiger partial charge < -0.3 is 20.5 Å². The molecule has 1 amide bonds. The fraction of sp³-hybridized carbons (Fsp3) is 0.562. The summed E-state index contributed by atoms with van der Waals surface area (Å²) in [5.74, 6) is 0.00117. The summed E-state index contributed by atoms with van der Waals surface area (Å²) in [5, 5.41) is 2.81. The van der Waals surface area contributed by atoms with Gasteiger partial charge in [-0.3, -0.25) is 4.79 Å². The van der Waals surface area contributed by atoms with Gasteiger partial charge in [-0.15, -0.1) is 12.4 Å². The van der Waals surface area contributed by atoms with Gasteiger partial charge in [-0.1, -0.05) is 19.9 Å². The molecular weight excluding hydrogens is 342 g/mol. The zero-order valence-corrected chi connectivity index (χ0v) is 14.9. The third-order valence-electron chi connectivity index (χ3n) is 4.12. The molecule has 0 bridgehead atoms. The molecule has 0 fully saturated rings. The van der Waals surface area contributed by atoms with Crippen LogP contribution in [-0.4, -0.2) is 26.2 Å². The number of carbonyl (C=O) groups is 1. The molecule has 0 atom stereocenters. The summed E-state index contributed by atoms with van der Waals surface area (Å²) in [7, 11) is 1.37. The van der Waals surface area contributed by atoms with E-state index in [0.717, 1.165) is 0 Å². The minimum atomic E-state index is -2.95. The van der Waals surface area contributed by atoms with Crippen LogP contribution in [0.5, 0.6) is 11.5 Å². The lowest BCUT2D eigenvalue weighted by Gasteiger charge is -2.28. The normalized spacial score (nSPS) is 11.0. The fourth-order valence-electron chi connectivity index (χ4n) is 2.34. The van der Waals surface area contributed by atoms with Gasteiger partial charge in [0.2, 0.25) is 5.91 Å². The Bertz CT molecular complexity index is 518. The lowest BCUT2D eigenvalue weighted by molar-refractivity contribution is -0.131. The topological polar surface area (TPSA) is 73.6 Å². The molecule has 0 heterocycles. The molecule has 0 saturated carbocycles. The van der Waals surface area contributed by atoms with Crippen LogP contribution in [0, 0.1) is 5.41 Å². The Kier molecular flexibility index (Phi) is 9.62. The molecule has 24 heavy (non-hydrogen) atoms. The first-order valence-electron chi connectivity index (χ1n) is 7.52. The van der Waals surface area contributed by atoms with Crippen molar-refractivity contribution in [2.75, 3.05) is 13.7 Å². The number of hydrogen-bond donors (Lipinski definition) is 2. The first kappa shape index (κ1) is 22.4. The van der Waals surface area contributed by atoms with Crippen LogP contribution in [0.2, 0.25) is 0 Å². The third kappa shape index (κ3) is 5.49. The molecule has 1 aromatic carbocycles. The van der Waals surface area contributed by atoms with Crippen LogP contribution in [0.25, 0.3) is 0 Å². The van der Waals surface area contributed by atoms with Crippen LogP contribution < -0.4 is 20.5 Å². The average molecular weight is 367 g/mol. The highest BCUT2D eigenvalue weighted by Crippen LogP contribution is 2.30. The Balaban J connectivity index is 0.00000529. The Morgan fingerprint density at radius 3 is 2.38 bits per heavy atom. The standard InChI is InChI=1S/C16H24F2N2O3.ClH/c1-4-16(5-2,10-19)14(21)20-9-11-6-7-12(22-3)13(8-11)23-15(17)18;/h6-8,15H,4-5,9-10,19H2,1-3H3,(H,20,21);1H. The van der Waals surface area contributed by atoms with E-state index in [9.17, 15) is 13.6 Å². The van der Waals surface area contributed by atoms with Crippen LogP contribution in [0.3, 0.4) is 0 Å². The van der Waals surface area contributed by atoms with Crippen LogP contribution >= 0.6 is 12.4 Å². The molecule has 1 rings (SSSR count). The van der Waals surface area contributed by atoms with Crippen molar-refractivity contribution in [1.82, 2.24) is 5.32 Å². The van der Waals surface area contributed by atoms with E-state index in [2.05, 4.69) is 10.1 Å². The van der Waals surface area contributed by atoms with Crippen LogP contribution in [-0.2, 0) is 11.3 Å². The zero-order valence-electron chi connectivity index (χ0n) is 14.1. The molecule has 0 aliphatic carbocycles. The highest BCUT2D eigenvalue weighted by atomic mass is 35.5. The van der Waals surface area contributed by atoms with Crippen LogP contribution in [0.4, 0.5) is 8.78 Å². The first-order chi connectivity index (χ1) is 10.9. The van der Waals surface area contributed by atoms with Crippen molar-refractivity contribution in [2.24, 2.45) is 11.1 Å². The first-order valence-corrected chi connectivity index (χ1v) is 7.52. The van der Waals surface area contributed by atoms with Gasteiger partial charge in [0.25, 0.3) is 0 Å². The summed E-state index contributed by atoms with van der Waals surface area (Å²) < 4.78 is 34.2. The Morgan fingerprint density at radius 1 is 1.29 bits per heavy atom. The number of nitrogens with one attached hydrogen (secondary N) is 1. The van der Waals surface area contributed by atoms with Crippen molar-refractivity contribution in [3.63, 3.8) is 0 Å². The molecule has 138 valence electrons. The molecule has 0 aromatic heterocycles. The predicted molar refractivity (Wildman–Crippen MR) is 90.8 cm³/mol. The summed E-state index contributed by atoms with van der Waals surface area (Å²) in [5.41, 5.74) is 5.76. The van der Waals surface area contributed by atoms with Crippen molar-refractivity contribution in [2.45, 2.75) is 39.8 Å². The summed E-state index contributed by atoms with van der Waals surface area (Å²) in [6.45, 7) is 1.34. The largest absolute Gasteiger partial charge is 0.493 e. The smallest absolute Gasteiger partial charge is 0.387 e. The number of nitrogens with two attached hydrogens (primary N) is 1. The third-order valence-corrected chi connectivity index (χ3v) is 4.12. The summed E-state index contributed by atoms with van der Waals surface area (Å²) in [6.07, 6.45) is 1.27. The maximum absolute atomic E-state index is 12.4. The van der Waals surface area contributed by atoms with E-state index in [1.165, 1.54) is 19.2 Å². The van der Waals surface area contributed by atoms with Gasteiger partial charge in [0.05, 0.1) is 12.5 Å². The summed E-state index contributed by atoms with van der Waals surface area (Å²) in [4.78, 5) is 12.4. The van der Waals surface area contributed by atoms with Crippen molar-refractivity contribution < 1.29 is 23.0 Å². The van der Waals surface area contributed by atoms with Gasteiger partial charge in [0.1, 0.15) is 0 Å². The molecule has 0 saturated heterocycles. The van der Waals surface area contributed by atoms with E-state index >= 15 is 0 Å². The molecule has 0 unspecified atom stereocenters. The Morgan fingerprint density at radius 2 is 1.92 bits per heavy atom. The molecule has 3 N–H and O–H groups in total. The SMILES string of the molecule is CCC(CC)(CN)C(=O)NCc1ccc(OC)c(OC(F)F)c1.Cl. The summed E-state index contributed by atoms with van der Waals surface area (Å²) >= 11 is 0. The number of ether oxygens (including phenoxy) is 2. The Labute approximate surface area is 147 Å². The predicted octanol–water partition coefficient (Wildman–Crippen LogP) is 3.10. The van der Waals surface area contributed by atoms with Crippen molar-refractivity contribution in [3.05, 3.63) is 23.8 Å². The van der Waals surface area contributed by atoms with Crippen LogP contribution in [0.15, 0.2) is 18.2 Å². The van der Waals surface area contributed by atoms with Gasteiger partial charge in [0, 0.05) is 13.1 Å². The quantitative estimate of drug-likeness (QED) is 0.704. The van der Waals surface area contributed by atoms with Gasteiger partial charge in [-0.25, -0.2) is 0 Å². The van der Waals surface area contributed by atoms with Crippen molar-refractivity contribution in [1.29, 1.82) is 0 Å². The van der Waals surface area contributed by atoms with Gasteiger partial charge in [0.15, 0.2) is 11.5 Å². The second-order valence-corrected chi connectivity index (χ2v) is 5.24. The highest BCUT2D eigenvalue weighted by molar-refractivity contribution is 5.85. The van der Waals surface area contributed by atoms with E-state index < -0.39 is 12.0 Å². The lowest BCUT2D eigenvalue weighted by atomic mass is 9.81. The number of alkyl halides is 2. The number of amides is 1. The Hall–Kier alpha value is -1.60. The van der Waals surface area contributed by atoms with Crippen molar-refractivity contribution in [3.8, 4) is 11.5 Å². The second kappa shape index (κ2) is 10.3. The average Bonchev–Trinajstić information content (AvgIpc) is 2.54. The zero-order chi connectivity index (χ0) is 17.5. The summed E-state index contributed by atoms with van der Waals surface area (Å²) in [6, 6.07) is 4.63. The fourth-order valence-corrected chi connectivity index (χ4v) is 2.34. The van der Waals surface area contributed by atoms with E-state index in [0.29, 0.717) is 18.4 Å². The molecule has 0 aliphatic rings.